The van der Waals surface area contributed by atoms with E-state index in [-0.39, 0.29) is 16.8 Å². The summed E-state index contributed by atoms with van der Waals surface area (Å²) in [6.45, 7) is 5.18. The Morgan fingerprint density at radius 3 is 2.70 bits per heavy atom. The molecular weight excluding hydrogens is 296 g/mol. The molecule has 1 rings (SSSR count). The van der Waals surface area contributed by atoms with Crippen molar-refractivity contribution in [1.82, 2.24) is 0 Å². The average molecular weight is 312 g/mol. The van der Waals surface area contributed by atoms with Gasteiger partial charge in [0, 0.05) is 5.57 Å². The minimum Gasteiger partial charge on any atom is -0.497 e. The number of allylic oxidation sites excluding steroid dienone is 3. The van der Waals surface area contributed by atoms with Crippen molar-refractivity contribution in [2.45, 2.75) is 6.92 Å². The molecule has 6 heteroatoms. The number of rotatable bonds is 6. The third-order valence-electron chi connectivity index (χ3n) is 2.88. The summed E-state index contributed by atoms with van der Waals surface area (Å²) < 4.78 is 4.85. The number of nitriles is 1. The van der Waals surface area contributed by atoms with Gasteiger partial charge in [-0.1, -0.05) is 18.7 Å². The number of carboxylic acids is 1. The Balaban J connectivity index is 2.95. The van der Waals surface area contributed by atoms with Crippen LogP contribution in [0.4, 0.5) is 5.69 Å². The molecule has 1 amide bonds. The molecule has 0 spiro atoms. The lowest BCUT2D eigenvalue weighted by molar-refractivity contribution is -0.112. The number of carboxylic acid groups (broad SMARTS) is 1. The van der Waals surface area contributed by atoms with Crippen LogP contribution in [0.2, 0.25) is 0 Å². The number of aromatic carboxylic acids is 1. The summed E-state index contributed by atoms with van der Waals surface area (Å²) >= 11 is 0. The van der Waals surface area contributed by atoms with Gasteiger partial charge in [0.2, 0.25) is 0 Å². The van der Waals surface area contributed by atoms with Crippen LogP contribution >= 0.6 is 0 Å². The monoisotopic (exact) mass is 312 g/mol. The van der Waals surface area contributed by atoms with Gasteiger partial charge in [0.25, 0.3) is 5.91 Å². The maximum atomic E-state index is 12.1. The van der Waals surface area contributed by atoms with Crippen molar-refractivity contribution >= 4 is 17.6 Å². The van der Waals surface area contributed by atoms with Gasteiger partial charge in [0.15, 0.2) is 0 Å². The second-order valence-corrected chi connectivity index (χ2v) is 4.51. The fourth-order valence-corrected chi connectivity index (χ4v) is 1.56. The van der Waals surface area contributed by atoms with E-state index in [0.29, 0.717) is 11.3 Å². The summed E-state index contributed by atoms with van der Waals surface area (Å²) in [6.07, 6.45) is 4.72. The van der Waals surface area contributed by atoms with E-state index in [4.69, 9.17) is 15.1 Å². The van der Waals surface area contributed by atoms with Gasteiger partial charge in [-0.05, 0) is 31.2 Å². The molecule has 0 heterocycles. The van der Waals surface area contributed by atoms with Crippen LogP contribution in [0.1, 0.15) is 22.8 Å². The highest BCUT2D eigenvalue weighted by Gasteiger charge is 2.14. The highest BCUT2D eigenvalue weighted by Crippen LogP contribution is 2.18. The molecule has 1 aromatic carbocycles. The predicted octanol–water partition coefficient (Wildman–Crippen LogP) is 2.86. The standard InChI is InChI=1S/C17H16N2O4/c1-11(5-4-6-12(2)23-3)16(20)19-15-8-7-13(10-18)9-14(15)17(21)22/h4-9H,2H2,1,3H3,(H,19,20)(H,21,22)/b6-4-,11-5+. The van der Waals surface area contributed by atoms with Crippen LogP contribution in [0, 0.1) is 11.3 Å². The second-order valence-electron chi connectivity index (χ2n) is 4.51. The zero-order valence-electron chi connectivity index (χ0n) is 12.8. The number of carbonyl (C=O) groups excluding carboxylic acids is 1. The van der Waals surface area contributed by atoms with Crippen molar-refractivity contribution in [2.75, 3.05) is 12.4 Å². The van der Waals surface area contributed by atoms with Gasteiger partial charge in [0.1, 0.15) is 5.76 Å². The lowest BCUT2D eigenvalue weighted by Gasteiger charge is -2.08. The summed E-state index contributed by atoms with van der Waals surface area (Å²) in [4.78, 5) is 23.3. The lowest BCUT2D eigenvalue weighted by atomic mass is 10.1. The Kier molecular flexibility index (Phi) is 6.31. The largest absolute Gasteiger partial charge is 0.497 e. The fraction of sp³-hybridized carbons (Fsp3) is 0.118. The number of methoxy groups -OCH3 is 1. The Hall–Kier alpha value is -3.33. The number of carbonyl (C=O) groups is 2. The molecule has 6 nitrogen and oxygen atoms in total. The number of hydrogen-bond donors (Lipinski definition) is 2. The number of amides is 1. The van der Waals surface area contributed by atoms with Crippen LogP contribution < -0.4 is 5.32 Å². The van der Waals surface area contributed by atoms with Crippen molar-refractivity contribution in [3.63, 3.8) is 0 Å². The Labute approximate surface area is 134 Å². The topological polar surface area (TPSA) is 99.4 Å². The molecule has 0 fully saturated rings. The quantitative estimate of drug-likeness (QED) is 0.478. The molecule has 0 saturated carbocycles. The van der Waals surface area contributed by atoms with E-state index in [1.165, 1.54) is 25.3 Å². The number of hydrogen-bond acceptors (Lipinski definition) is 4. The van der Waals surface area contributed by atoms with Gasteiger partial charge in [-0.15, -0.1) is 0 Å². The van der Waals surface area contributed by atoms with E-state index in [1.807, 2.05) is 6.07 Å². The van der Waals surface area contributed by atoms with Crippen LogP contribution in [-0.2, 0) is 9.53 Å². The van der Waals surface area contributed by atoms with Gasteiger partial charge in [-0.25, -0.2) is 4.79 Å². The van der Waals surface area contributed by atoms with Crippen LogP contribution in [0.25, 0.3) is 0 Å². The first kappa shape index (κ1) is 17.7. The number of anilines is 1. The molecule has 0 aliphatic heterocycles. The predicted molar refractivity (Wildman–Crippen MR) is 85.8 cm³/mol. The summed E-state index contributed by atoms with van der Waals surface area (Å²) in [6, 6.07) is 5.88. The minimum atomic E-state index is -1.23. The number of ether oxygens (including phenoxy) is 1. The van der Waals surface area contributed by atoms with E-state index >= 15 is 0 Å². The zero-order chi connectivity index (χ0) is 17.4. The van der Waals surface area contributed by atoms with Gasteiger partial charge in [0.05, 0.1) is 30.0 Å². The van der Waals surface area contributed by atoms with E-state index < -0.39 is 11.9 Å². The van der Waals surface area contributed by atoms with Gasteiger partial charge in [-0.2, -0.15) is 5.26 Å². The summed E-state index contributed by atoms with van der Waals surface area (Å²) in [5.41, 5.74) is 0.549. The van der Waals surface area contributed by atoms with Crippen molar-refractivity contribution in [3.05, 3.63) is 65.5 Å². The van der Waals surface area contributed by atoms with E-state index in [2.05, 4.69) is 11.9 Å². The molecule has 2 N–H and O–H groups in total. The first-order chi connectivity index (χ1) is 10.9. The lowest BCUT2D eigenvalue weighted by Crippen LogP contribution is -2.15. The van der Waals surface area contributed by atoms with Crippen molar-refractivity contribution < 1.29 is 19.4 Å². The van der Waals surface area contributed by atoms with E-state index in [0.717, 1.165) is 0 Å². The summed E-state index contributed by atoms with van der Waals surface area (Å²) in [5, 5.41) is 20.5. The van der Waals surface area contributed by atoms with Crippen LogP contribution in [-0.4, -0.2) is 24.1 Å². The molecule has 23 heavy (non-hydrogen) atoms. The summed E-state index contributed by atoms with van der Waals surface area (Å²) in [5.74, 6) is -1.24. The van der Waals surface area contributed by atoms with Crippen molar-refractivity contribution in [3.8, 4) is 6.07 Å². The Morgan fingerprint density at radius 2 is 2.13 bits per heavy atom. The van der Waals surface area contributed by atoms with Gasteiger partial charge >= 0.3 is 5.97 Å². The zero-order valence-corrected chi connectivity index (χ0v) is 12.8. The first-order valence-corrected chi connectivity index (χ1v) is 6.55. The minimum absolute atomic E-state index is 0.125. The fourth-order valence-electron chi connectivity index (χ4n) is 1.56. The molecule has 0 atom stereocenters. The normalized spacial score (nSPS) is 10.9. The Bertz CT molecular complexity index is 739. The molecule has 0 bridgehead atoms. The molecule has 0 aliphatic rings. The number of nitrogens with zero attached hydrogens (tertiary/aromatic N) is 1. The van der Waals surface area contributed by atoms with Gasteiger partial charge in [-0.3, -0.25) is 4.79 Å². The van der Waals surface area contributed by atoms with Crippen LogP contribution in [0.5, 0.6) is 0 Å². The summed E-state index contributed by atoms with van der Waals surface area (Å²) in [7, 11) is 1.48. The third-order valence-corrected chi connectivity index (χ3v) is 2.88. The molecule has 0 unspecified atom stereocenters. The SMILES string of the molecule is C=C(/C=C\C=C(/C)C(=O)Nc1ccc(C#N)cc1C(=O)O)OC. The van der Waals surface area contributed by atoms with Crippen molar-refractivity contribution in [2.24, 2.45) is 0 Å². The molecule has 0 radical (unpaired) electrons. The molecular formula is C17H16N2O4. The second kappa shape index (κ2) is 8.20. The molecule has 0 saturated heterocycles. The highest BCUT2D eigenvalue weighted by molar-refractivity contribution is 6.07. The maximum Gasteiger partial charge on any atom is 0.337 e. The Morgan fingerprint density at radius 1 is 1.43 bits per heavy atom. The number of nitrogens with one attached hydrogen (secondary N) is 1. The van der Waals surface area contributed by atoms with E-state index in [9.17, 15) is 9.59 Å². The molecule has 0 aliphatic carbocycles. The highest BCUT2D eigenvalue weighted by atomic mass is 16.5. The molecule has 118 valence electrons. The van der Waals surface area contributed by atoms with Crippen LogP contribution in [0.3, 0.4) is 0 Å². The van der Waals surface area contributed by atoms with Crippen molar-refractivity contribution in [1.29, 1.82) is 5.26 Å². The van der Waals surface area contributed by atoms with E-state index in [1.54, 1.807) is 25.2 Å². The maximum absolute atomic E-state index is 12.1. The van der Waals surface area contributed by atoms with Gasteiger partial charge < -0.3 is 15.2 Å². The van der Waals surface area contributed by atoms with Crippen LogP contribution in [0.15, 0.2) is 54.3 Å². The third kappa shape index (κ3) is 5.17. The molecule has 0 aromatic heterocycles. The number of benzene rings is 1. The molecule has 1 aromatic rings. The smallest absolute Gasteiger partial charge is 0.337 e. The first-order valence-electron chi connectivity index (χ1n) is 6.55. The average Bonchev–Trinajstić information content (AvgIpc) is 2.54.